The zero-order valence-corrected chi connectivity index (χ0v) is 15.4. The number of nitrogens with one attached hydrogen (secondary N) is 1. The number of rotatable bonds is 7. The van der Waals surface area contributed by atoms with E-state index >= 15 is 0 Å². The van der Waals surface area contributed by atoms with Crippen molar-refractivity contribution in [2.24, 2.45) is 11.7 Å². The van der Waals surface area contributed by atoms with E-state index in [4.69, 9.17) is 20.9 Å². The number of nitrogens with two attached hydrogens (primary N) is 2. The van der Waals surface area contributed by atoms with Crippen LogP contribution in [0.5, 0.6) is 0 Å². The first-order valence-corrected chi connectivity index (χ1v) is 7.10. The zero-order chi connectivity index (χ0) is 17.0. The number of anilines is 1. The van der Waals surface area contributed by atoms with Gasteiger partial charge in [-0.25, -0.2) is 4.98 Å². The second kappa shape index (κ2) is 10.2. The topological polar surface area (TPSA) is 151 Å². The Hall–Kier alpha value is -1.88. The average Bonchev–Trinajstić information content (AvgIpc) is 2.89. The van der Waals surface area contributed by atoms with E-state index in [9.17, 15) is 9.59 Å². The Morgan fingerprint density at radius 1 is 1.36 bits per heavy atom. The van der Waals surface area contributed by atoms with E-state index in [2.05, 4.69) is 15.0 Å². The van der Waals surface area contributed by atoms with Gasteiger partial charge in [-0.2, -0.15) is 4.98 Å². The van der Waals surface area contributed by atoms with Crippen molar-refractivity contribution in [3.63, 3.8) is 0 Å². The summed E-state index contributed by atoms with van der Waals surface area (Å²) in [5.74, 6) is -0.450. The van der Waals surface area contributed by atoms with Crippen molar-refractivity contribution < 1.29 is 14.3 Å². The van der Waals surface area contributed by atoms with Gasteiger partial charge in [-0.1, -0.05) is 13.8 Å². The third-order valence-electron chi connectivity index (χ3n) is 3.19. The summed E-state index contributed by atoms with van der Waals surface area (Å²) in [5.41, 5.74) is 11.2. The van der Waals surface area contributed by atoms with Gasteiger partial charge in [0, 0.05) is 0 Å². The number of esters is 1. The molecule has 0 aliphatic heterocycles. The molecule has 12 heteroatoms. The van der Waals surface area contributed by atoms with Crippen LogP contribution >= 0.6 is 24.8 Å². The summed E-state index contributed by atoms with van der Waals surface area (Å²) < 4.78 is 11.9. The number of aromatic nitrogens is 4. The number of ether oxygens (including phenoxy) is 2. The molecule has 5 N–H and O–H groups in total. The summed E-state index contributed by atoms with van der Waals surface area (Å²) in [6.45, 7) is 4.04. The zero-order valence-electron chi connectivity index (χ0n) is 13.8. The molecule has 25 heavy (non-hydrogen) atoms. The predicted octanol–water partition coefficient (Wildman–Crippen LogP) is 0.0460. The van der Waals surface area contributed by atoms with Crippen molar-refractivity contribution >= 4 is 47.9 Å². The SMILES string of the molecule is CC(C)C(N)C(=O)OCCOCn1cnc2c(=O)[nH]c(N)nc21.Cl.Cl. The summed E-state index contributed by atoms with van der Waals surface area (Å²) in [6.07, 6.45) is 1.42. The van der Waals surface area contributed by atoms with Crippen LogP contribution in [0.1, 0.15) is 13.8 Å². The summed E-state index contributed by atoms with van der Waals surface area (Å²) in [7, 11) is 0. The van der Waals surface area contributed by atoms with Crippen LogP contribution in [0.2, 0.25) is 0 Å². The highest BCUT2D eigenvalue weighted by Crippen LogP contribution is 2.06. The van der Waals surface area contributed by atoms with Gasteiger partial charge in [-0.05, 0) is 5.92 Å². The Morgan fingerprint density at radius 3 is 2.68 bits per heavy atom. The molecule has 0 bridgehead atoms. The average molecular weight is 397 g/mol. The van der Waals surface area contributed by atoms with Crippen LogP contribution < -0.4 is 17.0 Å². The van der Waals surface area contributed by atoms with E-state index in [1.54, 1.807) is 0 Å². The summed E-state index contributed by atoms with van der Waals surface area (Å²) in [5, 5.41) is 0. The lowest BCUT2D eigenvalue weighted by Crippen LogP contribution is -2.37. The number of carbonyl (C=O) groups excluding carboxylic acids is 1. The molecule has 1 unspecified atom stereocenters. The maximum Gasteiger partial charge on any atom is 0.323 e. The minimum Gasteiger partial charge on any atom is -0.462 e. The molecule has 0 amide bonds. The van der Waals surface area contributed by atoms with Crippen molar-refractivity contribution in [2.75, 3.05) is 18.9 Å². The molecule has 0 spiro atoms. The third kappa shape index (κ3) is 5.85. The maximum atomic E-state index is 11.6. The lowest BCUT2D eigenvalue weighted by atomic mass is 10.1. The molecule has 142 valence electrons. The Balaban J connectivity index is 0.00000288. The van der Waals surface area contributed by atoms with Crippen molar-refractivity contribution in [2.45, 2.75) is 26.6 Å². The van der Waals surface area contributed by atoms with Gasteiger partial charge in [-0.15, -0.1) is 24.8 Å². The number of aromatic amines is 1. The highest BCUT2D eigenvalue weighted by atomic mass is 35.5. The molecule has 0 aliphatic rings. The van der Waals surface area contributed by atoms with Crippen molar-refractivity contribution in [3.8, 4) is 0 Å². The molecule has 0 saturated heterocycles. The molecule has 2 rings (SSSR count). The van der Waals surface area contributed by atoms with Crippen LogP contribution in [0.25, 0.3) is 11.2 Å². The van der Waals surface area contributed by atoms with Crippen LogP contribution in [0.15, 0.2) is 11.1 Å². The largest absolute Gasteiger partial charge is 0.462 e. The predicted molar refractivity (Wildman–Crippen MR) is 96.8 cm³/mol. The van der Waals surface area contributed by atoms with E-state index in [1.807, 2.05) is 13.8 Å². The maximum absolute atomic E-state index is 11.6. The van der Waals surface area contributed by atoms with Gasteiger partial charge in [0.25, 0.3) is 5.56 Å². The molecule has 0 aromatic carbocycles. The number of carbonyl (C=O) groups is 1. The molecule has 0 fully saturated rings. The number of halogens is 2. The lowest BCUT2D eigenvalue weighted by Gasteiger charge is -2.14. The standard InChI is InChI=1S/C13H20N6O4.2ClH/c1-7(2)8(14)12(21)23-4-3-22-6-19-5-16-9-10(19)17-13(15)18-11(9)20;;/h5,7-8H,3-4,6,14H2,1-2H3,(H3,15,17,18,20);2*1H. The van der Waals surface area contributed by atoms with E-state index in [1.165, 1.54) is 10.9 Å². The van der Waals surface area contributed by atoms with Gasteiger partial charge in [0.15, 0.2) is 11.2 Å². The molecule has 1 atom stereocenters. The third-order valence-corrected chi connectivity index (χ3v) is 3.19. The number of hydrogen-bond donors (Lipinski definition) is 3. The monoisotopic (exact) mass is 396 g/mol. The first-order chi connectivity index (χ1) is 10.9. The van der Waals surface area contributed by atoms with Crippen LogP contribution in [-0.2, 0) is 21.0 Å². The second-order valence-corrected chi connectivity index (χ2v) is 5.31. The van der Waals surface area contributed by atoms with Gasteiger partial charge in [-0.3, -0.25) is 19.1 Å². The van der Waals surface area contributed by atoms with Crippen molar-refractivity contribution in [1.82, 2.24) is 19.5 Å². The van der Waals surface area contributed by atoms with Crippen LogP contribution in [0.4, 0.5) is 5.95 Å². The number of H-pyrrole nitrogens is 1. The first kappa shape index (κ1) is 23.1. The molecule has 2 aromatic heterocycles. The van der Waals surface area contributed by atoms with Crippen molar-refractivity contribution in [3.05, 3.63) is 16.7 Å². The normalized spacial score (nSPS) is 11.7. The number of fused-ring (bicyclic) bond motifs is 1. The molecule has 0 radical (unpaired) electrons. The molecule has 2 heterocycles. The van der Waals surface area contributed by atoms with Gasteiger partial charge in [0.2, 0.25) is 5.95 Å². The highest BCUT2D eigenvalue weighted by Gasteiger charge is 2.18. The number of nitrogen functional groups attached to an aromatic ring is 1. The van der Waals surface area contributed by atoms with Crippen LogP contribution in [-0.4, -0.2) is 44.7 Å². The molecule has 0 aliphatic carbocycles. The van der Waals surface area contributed by atoms with Crippen molar-refractivity contribution in [1.29, 1.82) is 0 Å². The molecule has 10 nitrogen and oxygen atoms in total. The summed E-state index contributed by atoms with van der Waals surface area (Å²) >= 11 is 0. The van der Waals surface area contributed by atoms with Gasteiger partial charge in [0.1, 0.15) is 19.4 Å². The highest BCUT2D eigenvalue weighted by molar-refractivity contribution is 5.85. The smallest absolute Gasteiger partial charge is 0.323 e. The Bertz CT molecular complexity index is 748. The molecule has 2 aromatic rings. The van der Waals surface area contributed by atoms with E-state index in [0.717, 1.165) is 0 Å². The molecular weight excluding hydrogens is 375 g/mol. The fourth-order valence-corrected chi connectivity index (χ4v) is 1.80. The Labute approximate surface area is 156 Å². The minimum absolute atomic E-state index is 0. The fourth-order valence-electron chi connectivity index (χ4n) is 1.80. The van der Waals surface area contributed by atoms with Gasteiger partial charge in [0.05, 0.1) is 12.9 Å². The fraction of sp³-hybridized carbons (Fsp3) is 0.538. The van der Waals surface area contributed by atoms with Gasteiger partial charge < -0.3 is 20.9 Å². The van der Waals surface area contributed by atoms with E-state index < -0.39 is 17.6 Å². The number of hydrogen-bond acceptors (Lipinski definition) is 8. The molecular formula is C13H22Cl2N6O4. The minimum atomic E-state index is -0.647. The number of nitrogens with zero attached hydrogens (tertiary/aromatic N) is 3. The lowest BCUT2D eigenvalue weighted by molar-refractivity contribution is -0.148. The van der Waals surface area contributed by atoms with Gasteiger partial charge >= 0.3 is 5.97 Å². The molecule has 0 saturated carbocycles. The second-order valence-electron chi connectivity index (χ2n) is 5.31. The Morgan fingerprint density at radius 2 is 2.04 bits per heavy atom. The Kier molecular flexibility index (Phi) is 9.42. The summed E-state index contributed by atoms with van der Waals surface area (Å²) in [6, 6.07) is -0.647. The quantitative estimate of drug-likeness (QED) is 0.438. The van der Waals surface area contributed by atoms with Crippen LogP contribution in [0.3, 0.4) is 0 Å². The van der Waals surface area contributed by atoms with Crippen LogP contribution in [0, 0.1) is 5.92 Å². The first-order valence-electron chi connectivity index (χ1n) is 7.10. The summed E-state index contributed by atoms with van der Waals surface area (Å²) in [4.78, 5) is 33.5. The number of imidazole rings is 1. The van der Waals surface area contributed by atoms with E-state index in [-0.39, 0.29) is 62.1 Å². The van der Waals surface area contributed by atoms with E-state index in [0.29, 0.717) is 5.65 Å².